The number of hydrogen-bond donors (Lipinski definition) is 1. The van der Waals surface area contributed by atoms with Crippen molar-refractivity contribution in [3.8, 4) is 17.2 Å². The largest absolute Gasteiger partial charge is 0.493 e. The molecule has 24 heavy (non-hydrogen) atoms. The Kier molecular flexibility index (Phi) is 5.60. The van der Waals surface area contributed by atoms with Crippen molar-refractivity contribution in [2.45, 2.75) is 6.04 Å². The van der Waals surface area contributed by atoms with E-state index in [1.165, 1.54) is 4.88 Å². The highest BCUT2D eigenvalue weighted by Gasteiger charge is 2.27. The Labute approximate surface area is 147 Å². The first-order chi connectivity index (χ1) is 11.8. The zero-order valence-corrected chi connectivity index (χ0v) is 15.2. The number of nitrogens with zero attached hydrogens (tertiary/aromatic N) is 1. The van der Waals surface area contributed by atoms with Crippen LogP contribution in [0.15, 0.2) is 29.6 Å². The smallest absolute Gasteiger partial charge is 0.203 e. The molecule has 1 aromatic heterocycles. The fraction of sp³-hybridized carbons (Fsp3) is 0.444. The molecule has 0 radical (unpaired) electrons. The number of methoxy groups -OCH3 is 3. The Morgan fingerprint density at radius 2 is 1.71 bits per heavy atom. The maximum atomic E-state index is 5.54. The van der Waals surface area contributed by atoms with Crippen LogP contribution in [-0.2, 0) is 0 Å². The van der Waals surface area contributed by atoms with Gasteiger partial charge < -0.3 is 19.5 Å². The van der Waals surface area contributed by atoms with Gasteiger partial charge in [-0.3, -0.25) is 4.90 Å². The summed E-state index contributed by atoms with van der Waals surface area (Å²) in [5.74, 6) is 2.03. The van der Waals surface area contributed by atoms with Gasteiger partial charge in [0.05, 0.1) is 27.4 Å². The minimum atomic E-state index is 0.195. The summed E-state index contributed by atoms with van der Waals surface area (Å²) in [6.45, 7) is 4.04. The molecule has 1 aliphatic heterocycles. The normalized spacial score (nSPS) is 16.6. The Morgan fingerprint density at radius 1 is 1.04 bits per heavy atom. The molecule has 1 aromatic carbocycles. The van der Waals surface area contributed by atoms with Crippen LogP contribution in [-0.4, -0.2) is 52.4 Å². The van der Waals surface area contributed by atoms with Gasteiger partial charge in [0.1, 0.15) is 0 Å². The number of hydrogen-bond acceptors (Lipinski definition) is 6. The number of nitrogens with one attached hydrogen (secondary N) is 1. The maximum absolute atomic E-state index is 5.54. The molecule has 0 bridgehead atoms. The van der Waals surface area contributed by atoms with E-state index in [2.05, 4.69) is 39.9 Å². The highest BCUT2D eigenvalue weighted by molar-refractivity contribution is 7.10. The van der Waals surface area contributed by atoms with Gasteiger partial charge in [0.2, 0.25) is 5.75 Å². The van der Waals surface area contributed by atoms with Gasteiger partial charge in [-0.05, 0) is 29.1 Å². The summed E-state index contributed by atoms with van der Waals surface area (Å²) in [6, 6.07) is 8.62. The first-order valence-electron chi connectivity index (χ1n) is 8.06. The standard InChI is InChI=1S/C18H24N2O3S/c1-21-14-11-13(12-15(22-2)18(14)23-3)17(16-5-4-10-24-16)20-8-6-19-7-9-20/h4-5,10-12,17,19H,6-9H2,1-3H3/t17-/m0/s1. The minimum absolute atomic E-state index is 0.195. The molecular formula is C18H24N2O3S. The highest BCUT2D eigenvalue weighted by atomic mass is 32.1. The molecule has 1 aliphatic rings. The average Bonchev–Trinajstić information content (AvgIpc) is 3.16. The van der Waals surface area contributed by atoms with Crippen LogP contribution < -0.4 is 19.5 Å². The average molecular weight is 348 g/mol. The predicted octanol–water partition coefficient (Wildman–Crippen LogP) is 2.77. The zero-order valence-electron chi connectivity index (χ0n) is 14.4. The van der Waals surface area contributed by atoms with E-state index in [9.17, 15) is 0 Å². The van der Waals surface area contributed by atoms with E-state index in [4.69, 9.17) is 14.2 Å². The quantitative estimate of drug-likeness (QED) is 0.869. The summed E-state index contributed by atoms with van der Waals surface area (Å²) >= 11 is 1.78. The first kappa shape index (κ1) is 17.1. The van der Waals surface area contributed by atoms with Crippen LogP contribution in [0, 0.1) is 0 Å². The topological polar surface area (TPSA) is 43.0 Å². The van der Waals surface area contributed by atoms with Crippen molar-refractivity contribution in [1.82, 2.24) is 10.2 Å². The van der Waals surface area contributed by atoms with Gasteiger partial charge >= 0.3 is 0 Å². The molecule has 0 saturated carbocycles. The second-order valence-electron chi connectivity index (χ2n) is 5.66. The second kappa shape index (κ2) is 7.88. The van der Waals surface area contributed by atoms with Crippen LogP contribution in [0.5, 0.6) is 17.2 Å². The molecule has 1 N–H and O–H groups in total. The summed E-state index contributed by atoms with van der Waals surface area (Å²) in [7, 11) is 4.95. The van der Waals surface area contributed by atoms with Crippen LogP contribution in [0.3, 0.4) is 0 Å². The van der Waals surface area contributed by atoms with Gasteiger partial charge in [-0.2, -0.15) is 0 Å². The van der Waals surface area contributed by atoms with Crippen molar-refractivity contribution in [2.75, 3.05) is 47.5 Å². The molecule has 3 rings (SSSR count). The van der Waals surface area contributed by atoms with Crippen molar-refractivity contribution >= 4 is 11.3 Å². The molecule has 1 atom stereocenters. The van der Waals surface area contributed by atoms with Gasteiger partial charge in [0.15, 0.2) is 11.5 Å². The molecule has 0 spiro atoms. The van der Waals surface area contributed by atoms with Gasteiger partial charge in [0.25, 0.3) is 0 Å². The van der Waals surface area contributed by atoms with Gasteiger partial charge in [-0.1, -0.05) is 6.07 Å². The van der Waals surface area contributed by atoms with Crippen molar-refractivity contribution in [1.29, 1.82) is 0 Å². The van der Waals surface area contributed by atoms with Crippen LogP contribution >= 0.6 is 11.3 Å². The van der Waals surface area contributed by atoms with Crippen LogP contribution in [0.25, 0.3) is 0 Å². The molecule has 2 heterocycles. The number of ether oxygens (including phenoxy) is 3. The van der Waals surface area contributed by atoms with Gasteiger partial charge in [0, 0.05) is 31.1 Å². The molecule has 130 valence electrons. The third-order valence-corrected chi connectivity index (χ3v) is 5.26. The van der Waals surface area contributed by atoms with Crippen molar-refractivity contribution in [3.63, 3.8) is 0 Å². The maximum Gasteiger partial charge on any atom is 0.203 e. The second-order valence-corrected chi connectivity index (χ2v) is 6.64. The van der Waals surface area contributed by atoms with E-state index >= 15 is 0 Å². The monoisotopic (exact) mass is 348 g/mol. The van der Waals surface area contributed by atoms with Gasteiger partial charge in [-0.15, -0.1) is 11.3 Å². The number of rotatable bonds is 6. The lowest BCUT2D eigenvalue weighted by Crippen LogP contribution is -2.45. The van der Waals surface area contributed by atoms with E-state index in [0.717, 1.165) is 31.7 Å². The van der Waals surface area contributed by atoms with E-state index in [1.807, 2.05) is 0 Å². The van der Waals surface area contributed by atoms with E-state index in [-0.39, 0.29) is 6.04 Å². The Hall–Kier alpha value is -1.76. The lowest BCUT2D eigenvalue weighted by atomic mass is 10.0. The van der Waals surface area contributed by atoms with Crippen LogP contribution in [0.1, 0.15) is 16.5 Å². The third-order valence-electron chi connectivity index (χ3n) is 4.33. The van der Waals surface area contributed by atoms with Crippen molar-refractivity contribution < 1.29 is 14.2 Å². The molecule has 0 aliphatic carbocycles. The lowest BCUT2D eigenvalue weighted by molar-refractivity contribution is 0.200. The summed E-state index contributed by atoms with van der Waals surface area (Å²) in [5.41, 5.74) is 1.16. The summed E-state index contributed by atoms with van der Waals surface area (Å²) < 4.78 is 16.5. The van der Waals surface area contributed by atoms with Crippen molar-refractivity contribution in [3.05, 3.63) is 40.1 Å². The Balaban J connectivity index is 2.07. The molecule has 2 aromatic rings. The van der Waals surface area contributed by atoms with E-state index in [0.29, 0.717) is 17.2 Å². The lowest BCUT2D eigenvalue weighted by Gasteiger charge is -2.35. The number of thiophene rings is 1. The molecule has 0 amide bonds. The fourth-order valence-corrected chi connectivity index (χ4v) is 4.09. The molecule has 6 heteroatoms. The molecule has 1 saturated heterocycles. The Bertz CT molecular complexity index is 629. The number of benzene rings is 1. The molecule has 0 unspecified atom stereocenters. The zero-order chi connectivity index (χ0) is 16.9. The SMILES string of the molecule is COc1cc([C@@H](c2cccs2)N2CCNCC2)cc(OC)c1OC. The highest BCUT2D eigenvalue weighted by Crippen LogP contribution is 2.42. The molecule has 1 fully saturated rings. The van der Waals surface area contributed by atoms with Crippen molar-refractivity contribution in [2.24, 2.45) is 0 Å². The Morgan fingerprint density at radius 3 is 2.21 bits per heavy atom. The van der Waals surface area contributed by atoms with E-state index < -0.39 is 0 Å². The van der Waals surface area contributed by atoms with E-state index in [1.54, 1.807) is 32.7 Å². The molecule has 5 nitrogen and oxygen atoms in total. The summed E-state index contributed by atoms with van der Waals surface area (Å²) in [6.07, 6.45) is 0. The first-order valence-corrected chi connectivity index (χ1v) is 8.94. The third kappa shape index (κ3) is 3.36. The predicted molar refractivity (Wildman–Crippen MR) is 96.7 cm³/mol. The number of piperazine rings is 1. The van der Waals surface area contributed by atoms with Gasteiger partial charge in [-0.25, -0.2) is 0 Å². The summed E-state index contributed by atoms with van der Waals surface area (Å²) in [5, 5.41) is 5.55. The summed E-state index contributed by atoms with van der Waals surface area (Å²) in [4.78, 5) is 3.83. The minimum Gasteiger partial charge on any atom is -0.493 e. The van der Waals surface area contributed by atoms with Crippen LogP contribution in [0.2, 0.25) is 0 Å². The molecular weight excluding hydrogens is 324 g/mol. The van der Waals surface area contributed by atoms with Crippen LogP contribution in [0.4, 0.5) is 0 Å². The fourth-order valence-electron chi connectivity index (χ4n) is 3.20.